The van der Waals surface area contributed by atoms with Crippen molar-refractivity contribution in [3.63, 3.8) is 0 Å². The van der Waals surface area contributed by atoms with Crippen LogP contribution in [-0.2, 0) is 12.7 Å². The molecule has 1 rings (SSSR count). The Hall–Kier alpha value is -1.44. The predicted molar refractivity (Wildman–Crippen MR) is 46.5 cm³/mol. The largest absolute Gasteiger partial charge is 0.418 e. The quantitative estimate of drug-likeness (QED) is 0.779. The highest BCUT2D eigenvalue weighted by Gasteiger charge is 2.37. The van der Waals surface area contributed by atoms with E-state index in [1.807, 2.05) is 0 Å². The van der Waals surface area contributed by atoms with Crippen molar-refractivity contribution in [2.24, 2.45) is 5.73 Å². The fourth-order valence-electron chi connectivity index (χ4n) is 1.31. The van der Waals surface area contributed by atoms with Gasteiger partial charge in [0.2, 0.25) is 0 Å². The number of aromatic nitrogens is 1. The Morgan fingerprint density at radius 1 is 1.31 bits per heavy atom. The minimum atomic E-state index is -4.83. The monoisotopic (exact) mass is 241 g/mol. The van der Waals surface area contributed by atoms with Crippen LogP contribution in [0.2, 0.25) is 0 Å². The molecule has 0 saturated heterocycles. The first-order valence-corrected chi connectivity index (χ1v) is 4.11. The van der Waals surface area contributed by atoms with Crippen molar-refractivity contribution in [2.75, 3.05) is 5.73 Å². The lowest BCUT2D eigenvalue weighted by Crippen LogP contribution is -2.18. The summed E-state index contributed by atoms with van der Waals surface area (Å²) in [6.45, 7) is -0.702. The average Bonchev–Trinajstić information content (AvgIpc) is 2.14. The van der Waals surface area contributed by atoms with Gasteiger partial charge in [0.25, 0.3) is 6.43 Å². The summed E-state index contributed by atoms with van der Waals surface area (Å²) in [6.07, 6.45) is -7.39. The van der Waals surface area contributed by atoms with Crippen molar-refractivity contribution in [1.82, 2.24) is 4.98 Å². The van der Waals surface area contributed by atoms with E-state index in [1.165, 1.54) is 0 Å². The molecule has 0 atom stereocenters. The van der Waals surface area contributed by atoms with Gasteiger partial charge in [-0.2, -0.15) is 13.2 Å². The molecule has 16 heavy (non-hydrogen) atoms. The lowest BCUT2D eigenvalue weighted by Gasteiger charge is -2.16. The second kappa shape index (κ2) is 4.20. The molecule has 0 amide bonds. The molecule has 0 bridgehead atoms. The lowest BCUT2D eigenvalue weighted by molar-refractivity contribution is -0.137. The van der Waals surface area contributed by atoms with E-state index in [4.69, 9.17) is 11.5 Å². The second-order valence-electron chi connectivity index (χ2n) is 2.95. The SMILES string of the molecule is NCc1c(C(F)F)ncc(N)c1C(F)(F)F. The van der Waals surface area contributed by atoms with Gasteiger partial charge in [-0.05, 0) is 0 Å². The van der Waals surface area contributed by atoms with E-state index in [1.54, 1.807) is 0 Å². The first-order valence-electron chi connectivity index (χ1n) is 4.11. The van der Waals surface area contributed by atoms with Crippen LogP contribution in [0, 0.1) is 0 Å². The maximum atomic E-state index is 12.5. The van der Waals surface area contributed by atoms with Crippen molar-refractivity contribution in [1.29, 1.82) is 0 Å². The molecule has 0 aliphatic carbocycles. The van der Waals surface area contributed by atoms with Crippen LogP contribution in [0.25, 0.3) is 0 Å². The van der Waals surface area contributed by atoms with Gasteiger partial charge in [-0.3, -0.25) is 4.98 Å². The number of hydrogen-bond acceptors (Lipinski definition) is 3. The van der Waals surface area contributed by atoms with E-state index in [9.17, 15) is 22.0 Å². The molecular weight excluding hydrogens is 233 g/mol. The van der Waals surface area contributed by atoms with Crippen LogP contribution < -0.4 is 11.5 Å². The number of nitrogen functional groups attached to an aromatic ring is 1. The Balaban J connectivity index is 3.51. The van der Waals surface area contributed by atoms with Gasteiger partial charge in [0.05, 0.1) is 17.4 Å². The molecule has 0 aliphatic rings. The van der Waals surface area contributed by atoms with Crippen LogP contribution in [0.5, 0.6) is 0 Å². The van der Waals surface area contributed by atoms with Gasteiger partial charge in [0.15, 0.2) is 0 Å². The predicted octanol–water partition coefficient (Wildman–Crippen LogP) is 2.08. The van der Waals surface area contributed by atoms with Gasteiger partial charge < -0.3 is 11.5 Å². The number of hydrogen-bond donors (Lipinski definition) is 2. The van der Waals surface area contributed by atoms with E-state index in [0.717, 1.165) is 0 Å². The molecule has 1 aromatic rings. The molecule has 1 aromatic heterocycles. The molecule has 0 radical (unpaired) electrons. The van der Waals surface area contributed by atoms with Crippen molar-refractivity contribution < 1.29 is 22.0 Å². The number of rotatable bonds is 2. The molecule has 8 heteroatoms. The number of halogens is 5. The fraction of sp³-hybridized carbons (Fsp3) is 0.375. The number of nitrogens with zero attached hydrogens (tertiary/aromatic N) is 1. The zero-order valence-corrected chi connectivity index (χ0v) is 7.85. The molecular formula is C8H8F5N3. The summed E-state index contributed by atoms with van der Waals surface area (Å²) in [4.78, 5) is 3.17. The van der Waals surface area contributed by atoms with Crippen molar-refractivity contribution in [2.45, 2.75) is 19.1 Å². The van der Waals surface area contributed by atoms with E-state index >= 15 is 0 Å². The maximum absolute atomic E-state index is 12.5. The van der Waals surface area contributed by atoms with Crippen LogP contribution in [-0.4, -0.2) is 4.98 Å². The molecule has 0 aliphatic heterocycles. The van der Waals surface area contributed by atoms with Crippen LogP contribution in [0.15, 0.2) is 6.20 Å². The molecule has 0 unspecified atom stereocenters. The Kier molecular flexibility index (Phi) is 3.32. The van der Waals surface area contributed by atoms with Gasteiger partial charge in [0.1, 0.15) is 5.69 Å². The highest BCUT2D eigenvalue weighted by atomic mass is 19.4. The number of nitrogens with two attached hydrogens (primary N) is 2. The number of pyridine rings is 1. The summed E-state index contributed by atoms with van der Waals surface area (Å²) in [7, 11) is 0. The topological polar surface area (TPSA) is 64.9 Å². The lowest BCUT2D eigenvalue weighted by atomic mass is 10.0. The van der Waals surface area contributed by atoms with Crippen molar-refractivity contribution in [3.8, 4) is 0 Å². The summed E-state index contributed by atoms with van der Waals surface area (Å²) >= 11 is 0. The molecule has 0 fully saturated rings. The fourth-order valence-corrected chi connectivity index (χ4v) is 1.31. The van der Waals surface area contributed by atoms with Gasteiger partial charge in [-0.15, -0.1) is 0 Å². The smallest absolute Gasteiger partial charge is 0.397 e. The third-order valence-electron chi connectivity index (χ3n) is 1.94. The summed E-state index contributed by atoms with van der Waals surface area (Å²) in [5.74, 6) is 0. The summed E-state index contributed by atoms with van der Waals surface area (Å²) in [5.41, 5.74) is 6.31. The molecule has 1 heterocycles. The second-order valence-corrected chi connectivity index (χ2v) is 2.95. The van der Waals surface area contributed by atoms with Crippen molar-refractivity contribution >= 4 is 5.69 Å². The first kappa shape index (κ1) is 12.6. The minimum Gasteiger partial charge on any atom is -0.397 e. The molecule has 0 spiro atoms. The molecule has 0 saturated carbocycles. The summed E-state index contributed by atoms with van der Waals surface area (Å²) in [6, 6.07) is 0. The van der Waals surface area contributed by atoms with Crippen LogP contribution >= 0.6 is 0 Å². The van der Waals surface area contributed by atoms with Crippen LogP contribution in [0.4, 0.5) is 27.6 Å². The zero-order chi connectivity index (χ0) is 12.5. The van der Waals surface area contributed by atoms with Crippen molar-refractivity contribution in [3.05, 3.63) is 23.0 Å². The van der Waals surface area contributed by atoms with E-state index in [-0.39, 0.29) is 0 Å². The van der Waals surface area contributed by atoms with Gasteiger partial charge >= 0.3 is 6.18 Å². The van der Waals surface area contributed by atoms with E-state index < -0.39 is 41.7 Å². The number of alkyl halides is 5. The molecule has 4 N–H and O–H groups in total. The Morgan fingerprint density at radius 2 is 1.88 bits per heavy atom. The Morgan fingerprint density at radius 3 is 2.25 bits per heavy atom. The van der Waals surface area contributed by atoms with Gasteiger partial charge in [0, 0.05) is 12.1 Å². The normalized spacial score (nSPS) is 12.2. The Labute approximate surface area is 87.3 Å². The minimum absolute atomic E-state index is 0.559. The maximum Gasteiger partial charge on any atom is 0.418 e. The molecule has 3 nitrogen and oxygen atoms in total. The highest BCUT2D eigenvalue weighted by Crippen LogP contribution is 2.38. The van der Waals surface area contributed by atoms with Crippen LogP contribution in [0.1, 0.15) is 23.2 Å². The standard InChI is InChI=1S/C8H8F5N3/c9-7(10)6-3(1-14)5(8(11,12)13)4(15)2-16-6/h2,7H,1,14-15H2. The van der Waals surface area contributed by atoms with E-state index in [0.29, 0.717) is 6.20 Å². The zero-order valence-electron chi connectivity index (χ0n) is 7.85. The third kappa shape index (κ3) is 2.21. The highest BCUT2D eigenvalue weighted by molar-refractivity contribution is 5.52. The number of anilines is 1. The third-order valence-corrected chi connectivity index (χ3v) is 1.94. The first-order chi connectivity index (χ1) is 7.29. The van der Waals surface area contributed by atoms with Gasteiger partial charge in [-0.1, -0.05) is 0 Å². The van der Waals surface area contributed by atoms with Crippen LogP contribution in [0.3, 0.4) is 0 Å². The molecule has 0 aromatic carbocycles. The van der Waals surface area contributed by atoms with Gasteiger partial charge in [-0.25, -0.2) is 8.78 Å². The summed E-state index contributed by atoms with van der Waals surface area (Å²) in [5, 5.41) is 0. The Bertz CT molecular complexity index is 388. The average molecular weight is 241 g/mol. The molecule has 90 valence electrons. The van der Waals surface area contributed by atoms with E-state index in [2.05, 4.69) is 4.98 Å². The summed E-state index contributed by atoms with van der Waals surface area (Å²) < 4.78 is 62.4.